The molecule has 0 amide bonds. The fourth-order valence-electron chi connectivity index (χ4n) is 0.744. The molecular weight excluding hydrogens is 206 g/mol. The van der Waals surface area contributed by atoms with Crippen molar-refractivity contribution in [2.24, 2.45) is 5.73 Å². The van der Waals surface area contributed by atoms with E-state index in [1.54, 1.807) is 0 Å². The quantitative estimate of drug-likeness (QED) is 0.443. The molecule has 3 N–H and O–H groups in total. The Hall–Kier alpha value is -0.900. The molecule has 0 saturated heterocycles. The second kappa shape index (κ2) is 3.48. The molecule has 58 valence electrons. The first kappa shape index (κ1) is 8.20. The molecule has 0 aliphatic rings. The van der Waals surface area contributed by atoms with Gasteiger partial charge >= 0.3 is 0 Å². The third kappa shape index (κ3) is 2.67. The Bertz CT molecular complexity index is 272. The summed E-state index contributed by atoms with van der Waals surface area (Å²) in [5.74, 6) is 0.135. The number of nitrogens with one attached hydrogen (secondary N) is 1. The highest BCUT2D eigenvalue weighted by molar-refractivity contribution is 9.10. The van der Waals surface area contributed by atoms with Gasteiger partial charge in [0.25, 0.3) is 0 Å². The van der Waals surface area contributed by atoms with Gasteiger partial charge in [-0.05, 0) is 28.1 Å². The van der Waals surface area contributed by atoms with Gasteiger partial charge in [0.05, 0.1) is 5.84 Å². The fraction of sp³-hybridized carbons (Fsp3) is 0.143. The second-order valence-corrected chi connectivity index (χ2v) is 2.97. The Morgan fingerprint density at radius 1 is 1.64 bits per heavy atom. The Labute approximate surface area is 73.3 Å². The summed E-state index contributed by atoms with van der Waals surface area (Å²) in [5, 5.41) is 7.02. The zero-order valence-corrected chi connectivity index (χ0v) is 7.43. The second-order valence-electron chi connectivity index (χ2n) is 2.15. The highest BCUT2D eigenvalue weighted by Gasteiger charge is 1.96. The molecule has 1 rings (SSSR count). The van der Waals surface area contributed by atoms with Crippen molar-refractivity contribution < 1.29 is 0 Å². The predicted molar refractivity (Wildman–Crippen MR) is 47.6 cm³/mol. The van der Waals surface area contributed by atoms with Crippen LogP contribution in [-0.2, 0) is 6.42 Å². The van der Waals surface area contributed by atoms with Crippen molar-refractivity contribution in [2.45, 2.75) is 6.42 Å². The first-order chi connectivity index (χ1) is 5.18. The molecule has 1 aromatic heterocycles. The van der Waals surface area contributed by atoms with E-state index in [2.05, 4.69) is 20.9 Å². The molecule has 0 saturated carbocycles. The number of hydrogen-bond donors (Lipinski definition) is 2. The van der Waals surface area contributed by atoms with Gasteiger partial charge in [-0.2, -0.15) is 0 Å². The minimum Gasteiger partial charge on any atom is -0.387 e. The number of aromatic nitrogens is 1. The van der Waals surface area contributed by atoms with Crippen molar-refractivity contribution in [3.63, 3.8) is 0 Å². The predicted octanol–water partition coefficient (Wildman–Crippen LogP) is 1.32. The van der Waals surface area contributed by atoms with E-state index < -0.39 is 0 Å². The summed E-state index contributed by atoms with van der Waals surface area (Å²) in [6.45, 7) is 0. The minimum atomic E-state index is 0.135. The van der Waals surface area contributed by atoms with Gasteiger partial charge in [0, 0.05) is 12.1 Å². The first-order valence-corrected chi connectivity index (χ1v) is 3.92. The molecule has 1 heterocycles. The van der Waals surface area contributed by atoms with E-state index in [0.717, 1.165) is 10.3 Å². The lowest BCUT2D eigenvalue weighted by atomic mass is 10.2. The van der Waals surface area contributed by atoms with E-state index in [1.807, 2.05) is 18.2 Å². The van der Waals surface area contributed by atoms with E-state index in [9.17, 15) is 0 Å². The smallest absolute Gasteiger partial charge is 0.106 e. The van der Waals surface area contributed by atoms with Crippen LogP contribution in [0.3, 0.4) is 0 Å². The highest BCUT2D eigenvalue weighted by Crippen LogP contribution is 2.06. The van der Waals surface area contributed by atoms with E-state index in [4.69, 9.17) is 11.1 Å². The molecular formula is C7H8BrN3. The van der Waals surface area contributed by atoms with Crippen LogP contribution in [0.15, 0.2) is 22.8 Å². The molecule has 0 bridgehead atoms. The average Bonchev–Trinajstić information content (AvgIpc) is 1.85. The zero-order valence-electron chi connectivity index (χ0n) is 5.84. The molecule has 0 aliphatic heterocycles. The van der Waals surface area contributed by atoms with Crippen molar-refractivity contribution in [1.82, 2.24) is 4.98 Å². The van der Waals surface area contributed by atoms with Crippen molar-refractivity contribution in [3.8, 4) is 0 Å². The van der Waals surface area contributed by atoms with Crippen molar-refractivity contribution >= 4 is 21.8 Å². The van der Waals surface area contributed by atoms with Gasteiger partial charge in [0.1, 0.15) is 4.60 Å². The molecule has 0 spiro atoms. The molecule has 1 aromatic rings. The zero-order chi connectivity index (χ0) is 8.27. The summed E-state index contributed by atoms with van der Waals surface area (Å²) >= 11 is 3.23. The number of rotatable bonds is 2. The summed E-state index contributed by atoms with van der Waals surface area (Å²) in [4.78, 5) is 4.11. The number of nitrogens with two attached hydrogens (primary N) is 1. The molecule has 3 nitrogen and oxygen atoms in total. The third-order valence-corrected chi connectivity index (χ3v) is 1.59. The summed E-state index contributed by atoms with van der Waals surface area (Å²) in [6, 6.07) is 5.55. The number of halogens is 1. The lowest BCUT2D eigenvalue weighted by molar-refractivity contribution is 1.10. The Morgan fingerprint density at radius 3 is 2.91 bits per heavy atom. The van der Waals surface area contributed by atoms with E-state index in [0.29, 0.717) is 6.42 Å². The van der Waals surface area contributed by atoms with Crippen LogP contribution in [0.1, 0.15) is 5.69 Å². The number of pyridine rings is 1. The SMILES string of the molecule is N=C(N)Cc1cccc(Br)n1. The number of amidine groups is 1. The minimum absolute atomic E-state index is 0.135. The molecule has 4 heteroatoms. The fourth-order valence-corrected chi connectivity index (χ4v) is 1.12. The van der Waals surface area contributed by atoms with Gasteiger partial charge < -0.3 is 5.73 Å². The van der Waals surface area contributed by atoms with E-state index in [-0.39, 0.29) is 5.84 Å². The van der Waals surface area contributed by atoms with Crippen molar-refractivity contribution in [3.05, 3.63) is 28.5 Å². The maximum absolute atomic E-state index is 7.02. The van der Waals surface area contributed by atoms with E-state index in [1.165, 1.54) is 0 Å². The lowest BCUT2D eigenvalue weighted by Crippen LogP contribution is -2.13. The average molecular weight is 214 g/mol. The summed E-state index contributed by atoms with van der Waals surface area (Å²) < 4.78 is 0.774. The highest BCUT2D eigenvalue weighted by atomic mass is 79.9. The molecule has 0 atom stereocenters. The van der Waals surface area contributed by atoms with Gasteiger partial charge in [-0.25, -0.2) is 4.98 Å². The van der Waals surface area contributed by atoms with E-state index >= 15 is 0 Å². The van der Waals surface area contributed by atoms with Crippen LogP contribution in [0.5, 0.6) is 0 Å². The maximum atomic E-state index is 7.02. The summed E-state index contributed by atoms with van der Waals surface area (Å²) in [6.07, 6.45) is 0.416. The molecule has 0 radical (unpaired) electrons. The Morgan fingerprint density at radius 2 is 2.36 bits per heavy atom. The number of nitrogens with zero attached hydrogens (tertiary/aromatic N) is 1. The van der Waals surface area contributed by atoms with Crippen LogP contribution in [0.4, 0.5) is 0 Å². The van der Waals surface area contributed by atoms with Crippen LogP contribution in [-0.4, -0.2) is 10.8 Å². The Kier molecular flexibility index (Phi) is 2.59. The van der Waals surface area contributed by atoms with Gasteiger partial charge in [0.15, 0.2) is 0 Å². The standard InChI is InChI=1S/C7H8BrN3/c8-6-3-1-2-5(11-6)4-7(9)10/h1-3H,4H2,(H3,9,10). The molecule has 0 unspecified atom stereocenters. The normalized spacial score (nSPS) is 9.55. The molecule has 0 fully saturated rings. The third-order valence-electron chi connectivity index (χ3n) is 1.14. The first-order valence-electron chi connectivity index (χ1n) is 3.13. The lowest BCUT2D eigenvalue weighted by Gasteiger charge is -1.97. The van der Waals surface area contributed by atoms with Crippen LogP contribution in [0.2, 0.25) is 0 Å². The van der Waals surface area contributed by atoms with Gasteiger partial charge in [-0.3, -0.25) is 5.41 Å². The van der Waals surface area contributed by atoms with Crippen molar-refractivity contribution in [2.75, 3.05) is 0 Å². The van der Waals surface area contributed by atoms with Gasteiger partial charge in [0.2, 0.25) is 0 Å². The van der Waals surface area contributed by atoms with Crippen molar-refractivity contribution in [1.29, 1.82) is 5.41 Å². The summed E-state index contributed by atoms with van der Waals surface area (Å²) in [5.41, 5.74) is 6.01. The summed E-state index contributed by atoms with van der Waals surface area (Å²) in [7, 11) is 0. The topological polar surface area (TPSA) is 62.8 Å². The van der Waals surface area contributed by atoms with Crippen LogP contribution < -0.4 is 5.73 Å². The van der Waals surface area contributed by atoms with Gasteiger partial charge in [-0.1, -0.05) is 6.07 Å². The van der Waals surface area contributed by atoms with Gasteiger partial charge in [-0.15, -0.1) is 0 Å². The largest absolute Gasteiger partial charge is 0.387 e. The monoisotopic (exact) mass is 213 g/mol. The number of hydrogen-bond acceptors (Lipinski definition) is 2. The Balaban J connectivity index is 2.79. The van der Waals surface area contributed by atoms with Crippen LogP contribution >= 0.6 is 15.9 Å². The van der Waals surface area contributed by atoms with Crippen LogP contribution in [0.25, 0.3) is 0 Å². The maximum Gasteiger partial charge on any atom is 0.106 e. The molecule has 0 aromatic carbocycles. The molecule has 0 aliphatic carbocycles. The molecule has 11 heavy (non-hydrogen) atoms. The van der Waals surface area contributed by atoms with Crippen LogP contribution in [0, 0.1) is 5.41 Å².